The Labute approximate surface area is 530 Å². The van der Waals surface area contributed by atoms with Crippen LogP contribution in [0.3, 0.4) is 0 Å². The van der Waals surface area contributed by atoms with Crippen LogP contribution in [0.15, 0.2) is 133 Å². The number of benzene rings is 6. The van der Waals surface area contributed by atoms with E-state index in [1.54, 1.807) is 0 Å². The van der Waals surface area contributed by atoms with Crippen molar-refractivity contribution < 1.29 is 130 Å². The molecular weight excluding hydrogens is 1370 g/mol. The monoisotopic (exact) mass is 1420 g/mol. The summed E-state index contributed by atoms with van der Waals surface area (Å²) in [6.45, 7) is 6.90. The van der Waals surface area contributed by atoms with Gasteiger partial charge in [0.25, 0.3) is 0 Å². The van der Waals surface area contributed by atoms with Gasteiger partial charge in [0.1, 0.15) is 6.15 Å². The van der Waals surface area contributed by atoms with Crippen LogP contribution < -0.4 is 27.0 Å². The Balaban J connectivity index is 0.000000669. The maximum Gasteiger partial charge on any atom is 2.00 e. The molecule has 91 heavy (non-hydrogen) atoms. The Hall–Kier alpha value is -5.29. The Morgan fingerprint density at radius 1 is 0.319 bits per heavy atom. The molecule has 500 valence electrons. The molecule has 0 aliphatic rings. The van der Waals surface area contributed by atoms with Crippen molar-refractivity contribution in [2.75, 3.05) is 86.9 Å². The van der Waals surface area contributed by atoms with E-state index in [1.165, 1.54) is 0 Å². The summed E-state index contributed by atoms with van der Waals surface area (Å²) in [5, 5.41) is 12.1. The van der Waals surface area contributed by atoms with Gasteiger partial charge in [0.15, 0.2) is 0 Å². The molecule has 0 fully saturated rings. The first kappa shape index (κ1) is 81.8. The summed E-state index contributed by atoms with van der Waals surface area (Å²) in [6.07, 6.45) is -55.6. The molecule has 0 N–H and O–H groups in total. The van der Waals surface area contributed by atoms with E-state index in [4.69, 9.17) is 23.2 Å². The molecule has 0 aliphatic heterocycles. The molecule has 0 saturated carbocycles. The molecule has 5 nitrogen and oxygen atoms in total. The van der Waals surface area contributed by atoms with Gasteiger partial charge >= 0.3 is 68.9 Å². The zero-order valence-corrected chi connectivity index (χ0v) is 53.0. The second-order valence-electron chi connectivity index (χ2n) is 20.8. The molecule has 0 bridgehead atoms. The second-order valence-corrected chi connectivity index (χ2v) is 21.6. The molecule has 0 atom stereocenters. The van der Waals surface area contributed by atoms with Crippen molar-refractivity contribution in [2.45, 2.75) is 55.5 Å². The zero-order valence-electron chi connectivity index (χ0n) is 48.5. The summed E-state index contributed by atoms with van der Waals surface area (Å²) in [5.74, 6) is 0. The van der Waals surface area contributed by atoms with Gasteiger partial charge < -0.3 is 19.8 Å². The number of rotatable bonds is 15. The smallest absolute Gasteiger partial charge is 0.845 e. The molecule has 0 saturated heterocycles. The fraction of sp³-hybridized carbons (Fsp3) is 0.379. The average molecular weight is 1430 g/mol. The fourth-order valence-corrected chi connectivity index (χ4v) is 8.88. The molecule has 6 aromatic rings. The predicted molar refractivity (Wildman–Crippen MR) is 293 cm³/mol. The molecule has 6 rings (SSSR count). The van der Waals surface area contributed by atoms with Gasteiger partial charge in [-0.15, -0.1) is 23.2 Å². The normalized spacial score (nSPS) is 12.9. The Morgan fingerprint density at radius 3 is 0.626 bits per heavy atom. The minimum atomic E-state index is -6.13. The summed E-state index contributed by atoms with van der Waals surface area (Å²) in [4.78, 5) is 9.29. The molecule has 0 radical (unpaired) electrons. The number of likely N-dealkylation sites (N-methyl/N-ethyl adjacent to an activating group) is 3. The second kappa shape index (κ2) is 32.7. The van der Waals surface area contributed by atoms with Gasteiger partial charge in [-0.2, -0.15) is 127 Å². The van der Waals surface area contributed by atoms with E-state index in [9.17, 15) is 110 Å². The molecule has 6 aromatic carbocycles. The van der Waals surface area contributed by atoms with Gasteiger partial charge in [-0.1, -0.05) is 126 Å². The molecular formula is C58H55BCl2F24N4OZn. The average Bonchev–Trinajstić information content (AvgIpc) is 0.712. The Morgan fingerprint density at radius 2 is 0.484 bits per heavy atom. The molecule has 0 heterocycles. The van der Waals surface area contributed by atoms with E-state index in [0.29, 0.717) is 0 Å². The van der Waals surface area contributed by atoms with Gasteiger partial charge in [-0.05, 0) is 66.6 Å². The third-order valence-electron chi connectivity index (χ3n) is 13.2. The molecule has 0 spiro atoms. The van der Waals surface area contributed by atoms with Crippen LogP contribution in [-0.4, -0.2) is 113 Å². The molecule has 0 aliphatic carbocycles. The first-order valence-electron chi connectivity index (χ1n) is 25.9. The van der Waals surface area contributed by atoms with Crippen molar-refractivity contribution in [1.82, 2.24) is 19.6 Å². The van der Waals surface area contributed by atoms with E-state index in [1.807, 2.05) is 60.7 Å². The van der Waals surface area contributed by atoms with Crippen molar-refractivity contribution >= 4 is 51.2 Å². The van der Waals surface area contributed by atoms with Crippen LogP contribution in [0.25, 0.3) is 0 Å². The van der Waals surface area contributed by atoms with Gasteiger partial charge in [0, 0.05) is 39.3 Å². The van der Waals surface area contributed by atoms with Gasteiger partial charge in [-0.3, -0.25) is 4.90 Å². The summed E-state index contributed by atoms with van der Waals surface area (Å²) in [5.41, 5.74) is -28.6. The quantitative estimate of drug-likeness (QED) is 0.0582. The summed E-state index contributed by atoms with van der Waals surface area (Å²) in [6, 6.07) is 10.1. The van der Waals surface area contributed by atoms with Crippen molar-refractivity contribution in [1.29, 1.82) is 0 Å². The van der Waals surface area contributed by atoms with Crippen molar-refractivity contribution in [2.24, 2.45) is 0 Å². The summed E-state index contributed by atoms with van der Waals surface area (Å²) in [7, 11) is 12.8. The number of halogens is 26. The van der Waals surface area contributed by atoms with Crippen LogP contribution in [0.4, 0.5) is 105 Å². The third-order valence-corrected chi connectivity index (χ3v) is 13.2. The van der Waals surface area contributed by atoms with Gasteiger partial charge in [0.05, 0.1) is 49.8 Å². The van der Waals surface area contributed by atoms with Crippen LogP contribution in [-0.2, 0) is 68.9 Å². The SMILES string of the molecule is CN(C)CCN(CCN(C)C)CCN(C)C.ClCCl.FC(F)(F)c1cc([B-](c2cc(C(F)(F)F)cc(C(F)(F)F)c2)(c2cc(C(F)(F)F)cc(C(F)(F)F)c2)c2cc(C(F)(F)F)cc(C(F)(F)F)c2)cc(C(F)(F)F)c1.[O-]C(c1ccccc1)c1ccccc1.[Zn+2]. The largest absolute Gasteiger partial charge is 2.00 e. The van der Waals surface area contributed by atoms with E-state index in [2.05, 4.69) is 61.9 Å². The van der Waals surface area contributed by atoms with Crippen molar-refractivity contribution in [3.05, 3.63) is 189 Å². The van der Waals surface area contributed by atoms with Crippen LogP contribution in [0.1, 0.15) is 61.7 Å². The summed E-state index contributed by atoms with van der Waals surface area (Å²) < 4.78 is 341. The number of hydrogen-bond acceptors (Lipinski definition) is 5. The molecule has 33 heteroatoms. The van der Waals surface area contributed by atoms with Crippen LogP contribution >= 0.6 is 23.2 Å². The van der Waals surface area contributed by atoms with E-state index < -0.39 is 201 Å². The predicted octanol–water partition coefficient (Wildman–Crippen LogP) is 14.7. The van der Waals surface area contributed by atoms with Crippen molar-refractivity contribution in [3.63, 3.8) is 0 Å². The number of nitrogens with zero attached hydrogens (tertiary/aromatic N) is 4. The third kappa shape index (κ3) is 24.5. The minimum Gasteiger partial charge on any atom is -0.845 e. The number of alkyl halides is 26. The van der Waals surface area contributed by atoms with E-state index >= 15 is 0 Å². The molecule has 0 amide bonds. The van der Waals surface area contributed by atoms with Gasteiger partial charge in [-0.25, -0.2) is 0 Å². The first-order chi connectivity index (χ1) is 41.0. The number of hydrogen-bond donors (Lipinski definition) is 0. The topological polar surface area (TPSA) is 36.0 Å². The standard InChI is InChI=1S/C32H12BF24.C13H11O.C12H30N4.CH2Cl2.Zn/c34-25(35,36)13-1-14(26(37,38)39)6-21(5-13)33(22-7-15(27(40,41)42)2-16(8-22)28(43,44)45,23-9-17(29(46,47)48)3-18(10-23)30(49,50)51)24-11-19(31(52,53)54)4-20(12-24)32(55,56)57;14-13(11-7-3-1-4-8-11)12-9-5-2-6-10-12;1-13(2)7-10-16(11-8-14(3)4)12-9-15(5)6;2-1-3;/h1-12H;1-10,13H;7-12H2,1-6H3;1H2;/q2*-1;;;+2. The van der Waals surface area contributed by atoms with E-state index in [-0.39, 0.29) is 24.8 Å². The maximum absolute atomic E-state index is 14.2. The van der Waals surface area contributed by atoms with Crippen LogP contribution in [0.5, 0.6) is 0 Å². The summed E-state index contributed by atoms with van der Waals surface area (Å²) >= 11 is 9.53. The van der Waals surface area contributed by atoms with Crippen LogP contribution in [0.2, 0.25) is 0 Å². The van der Waals surface area contributed by atoms with E-state index in [0.717, 1.165) is 50.4 Å². The van der Waals surface area contributed by atoms with Crippen molar-refractivity contribution in [3.8, 4) is 0 Å². The Bertz CT molecular complexity index is 2700. The minimum absolute atomic E-state index is 0. The Kier molecular flexibility index (Phi) is 29.4. The zero-order chi connectivity index (χ0) is 69.0. The molecule has 0 unspecified atom stereocenters. The van der Waals surface area contributed by atoms with Gasteiger partial charge in [0.2, 0.25) is 0 Å². The molecule has 0 aromatic heterocycles. The van der Waals surface area contributed by atoms with Crippen LogP contribution in [0, 0.1) is 0 Å². The first-order valence-corrected chi connectivity index (χ1v) is 26.9. The fourth-order valence-electron chi connectivity index (χ4n) is 8.88. The maximum atomic E-state index is 14.2.